The van der Waals surface area contributed by atoms with Gasteiger partial charge in [0.05, 0.1) is 17.4 Å². The van der Waals surface area contributed by atoms with Crippen LogP contribution in [0.25, 0.3) is 22.2 Å². The maximum absolute atomic E-state index is 4.18. The number of H-pyrrole nitrogens is 2. The van der Waals surface area contributed by atoms with Crippen molar-refractivity contribution in [1.82, 2.24) is 15.0 Å². The molecule has 2 N–H and O–H groups in total. The number of fused-ring (bicyclic) bond motifs is 1. The summed E-state index contributed by atoms with van der Waals surface area (Å²) in [5, 5.41) is 0. The summed E-state index contributed by atoms with van der Waals surface area (Å²) in [6.45, 7) is 0. The molecule has 0 amide bonds. The molecule has 0 aliphatic rings. The van der Waals surface area contributed by atoms with Crippen LogP contribution < -0.4 is 0 Å². The molecular formula is C11H9N3. The normalized spacial score (nSPS) is 10.9. The fourth-order valence-corrected chi connectivity index (χ4v) is 1.62. The van der Waals surface area contributed by atoms with Crippen molar-refractivity contribution in [2.75, 3.05) is 0 Å². The molecule has 0 saturated heterocycles. The van der Waals surface area contributed by atoms with Crippen LogP contribution in [0.1, 0.15) is 0 Å². The lowest BCUT2D eigenvalue weighted by atomic mass is 10.1. The molecule has 0 fully saturated rings. The van der Waals surface area contributed by atoms with Gasteiger partial charge in [0.25, 0.3) is 0 Å². The highest BCUT2D eigenvalue weighted by molar-refractivity contribution is 5.81. The molecule has 3 rings (SSSR count). The molecule has 68 valence electrons. The Morgan fingerprint density at radius 1 is 1.07 bits per heavy atom. The van der Waals surface area contributed by atoms with E-state index in [1.165, 1.54) is 11.1 Å². The number of benzene rings is 1. The van der Waals surface area contributed by atoms with Crippen molar-refractivity contribution >= 4 is 11.0 Å². The van der Waals surface area contributed by atoms with Gasteiger partial charge in [0.15, 0.2) is 0 Å². The number of aromatic nitrogens is 3. The largest absolute Gasteiger partial charge is 0.367 e. The van der Waals surface area contributed by atoms with Gasteiger partial charge in [-0.2, -0.15) is 0 Å². The Morgan fingerprint density at radius 3 is 2.93 bits per heavy atom. The van der Waals surface area contributed by atoms with Crippen LogP contribution in [-0.2, 0) is 0 Å². The standard InChI is InChI=1S/C11H9N3/c1-2-10-11(14-7-13-10)5-8(1)9-3-4-12-6-9/h1-7,12H,(H,13,14). The number of hydrogen-bond acceptors (Lipinski definition) is 1. The smallest absolute Gasteiger partial charge is 0.0931 e. The summed E-state index contributed by atoms with van der Waals surface area (Å²) in [5.41, 5.74) is 4.47. The minimum atomic E-state index is 1.00. The second kappa shape index (κ2) is 2.73. The van der Waals surface area contributed by atoms with Crippen molar-refractivity contribution in [2.24, 2.45) is 0 Å². The summed E-state index contributed by atoms with van der Waals surface area (Å²) < 4.78 is 0. The number of imidazole rings is 1. The first-order valence-corrected chi connectivity index (χ1v) is 4.50. The highest BCUT2D eigenvalue weighted by atomic mass is 14.9. The van der Waals surface area contributed by atoms with Gasteiger partial charge in [0.1, 0.15) is 0 Å². The molecule has 0 aliphatic carbocycles. The predicted molar refractivity (Wildman–Crippen MR) is 55.9 cm³/mol. The Balaban J connectivity index is 2.23. The molecule has 2 aromatic heterocycles. The lowest BCUT2D eigenvalue weighted by Gasteiger charge is -1.96. The van der Waals surface area contributed by atoms with Gasteiger partial charge < -0.3 is 9.97 Å². The van der Waals surface area contributed by atoms with Crippen molar-refractivity contribution in [3.8, 4) is 11.1 Å². The molecule has 3 heteroatoms. The third kappa shape index (κ3) is 1.03. The zero-order chi connectivity index (χ0) is 9.38. The molecule has 14 heavy (non-hydrogen) atoms. The number of nitrogens with zero attached hydrogens (tertiary/aromatic N) is 1. The molecule has 2 heterocycles. The number of nitrogens with one attached hydrogen (secondary N) is 2. The Kier molecular flexibility index (Phi) is 1.44. The van der Waals surface area contributed by atoms with Gasteiger partial charge in [-0.1, -0.05) is 6.07 Å². The summed E-state index contributed by atoms with van der Waals surface area (Å²) >= 11 is 0. The van der Waals surface area contributed by atoms with Crippen molar-refractivity contribution in [3.63, 3.8) is 0 Å². The maximum Gasteiger partial charge on any atom is 0.0931 e. The van der Waals surface area contributed by atoms with Crippen molar-refractivity contribution in [3.05, 3.63) is 43.0 Å². The van der Waals surface area contributed by atoms with Gasteiger partial charge in [-0.15, -0.1) is 0 Å². The van der Waals surface area contributed by atoms with E-state index in [-0.39, 0.29) is 0 Å². The summed E-state index contributed by atoms with van der Waals surface area (Å²) in [4.78, 5) is 10.3. The van der Waals surface area contributed by atoms with Crippen LogP contribution in [-0.4, -0.2) is 15.0 Å². The van der Waals surface area contributed by atoms with Crippen LogP contribution in [0.4, 0.5) is 0 Å². The summed E-state index contributed by atoms with van der Waals surface area (Å²) in [6, 6.07) is 8.25. The van der Waals surface area contributed by atoms with Gasteiger partial charge in [0, 0.05) is 12.4 Å². The highest BCUT2D eigenvalue weighted by Crippen LogP contribution is 2.21. The van der Waals surface area contributed by atoms with Crippen molar-refractivity contribution in [1.29, 1.82) is 0 Å². The Morgan fingerprint density at radius 2 is 2.07 bits per heavy atom. The molecular weight excluding hydrogens is 174 g/mol. The second-order valence-electron chi connectivity index (χ2n) is 3.23. The topological polar surface area (TPSA) is 44.5 Å². The number of aromatic amines is 2. The lowest BCUT2D eigenvalue weighted by Crippen LogP contribution is -1.74. The summed E-state index contributed by atoms with van der Waals surface area (Å²) in [6.07, 6.45) is 5.62. The average molecular weight is 183 g/mol. The van der Waals surface area contributed by atoms with E-state index in [0.717, 1.165) is 11.0 Å². The fraction of sp³-hybridized carbons (Fsp3) is 0. The van der Waals surface area contributed by atoms with Crippen LogP contribution in [0.3, 0.4) is 0 Å². The Labute approximate surface area is 80.8 Å². The second-order valence-corrected chi connectivity index (χ2v) is 3.23. The van der Waals surface area contributed by atoms with Gasteiger partial charge in [-0.05, 0) is 29.3 Å². The van der Waals surface area contributed by atoms with Crippen LogP contribution >= 0.6 is 0 Å². The zero-order valence-electron chi connectivity index (χ0n) is 7.49. The molecule has 3 nitrogen and oxygen atoms in total. The third-order valence-electron chi connectivity index (χ3n) is 2.35. The van der Waals surface area contributed by atoms with Crippen molar-refractivity contribution < 1.29 is 0 Å². The molecule has 0 bridgehead atoms. The quantitative estimate of drug-likeness (QED) is 0.598. The van der Waals surface area contributed by atoms with E-state index in [1.807, 2.05) is 18.5 Å². The predicted octanol–water partition coefficient (Wildman–Crippen LogP) is 2.56. The fourth-order valence-electron chi connectivity index (χ4n) is 1.62. The van der Waals surface area contributed by atoms with Gasteiger partial charge in [-0.3, -0.25) is 0 Å². The van der Waals surface area contributed by atoms with Crippen LogP contribution in [0.5, 0.6) is 0 Å². The average Bonchev–Trinajstić information content (AvgIpc) is 2.88. The van der Waals surface area contributed by atoms with Crippen LogP contribution in [0.15, 0.2) is 43.0 Å². The van der Waals surface area contributed by atoms with Gasteiger partial charge in [0.2, 0.25) is 0 Å². The molecule has 0 saturated carbocycles. The van der Waals surface area contributed by atoms with Crippen molar-refractivity contribution in [2.45, 2.75) is 0 Å². The monoisotopic (exact) mass is 183 g/mol. The first kappa shape index (κ1) is 7.38. The minimum absolute atomic E-state index is 1.00. The first-order chi connectivity index (χ1) is 6.93. The Hall–Kier alpha value is -2.03. The van der Waals surface area contributed by atoms with E-state index in [0.29, 0.717) is 0 Å². The summed E-state index contributed by atoms with van der Waals surface area (Å²) in [7, 11) is 0. The number of rotatable bonds is 1. The van der Waals surface area contributed by atoms with E-state index < -0.39 is 0 Å². The minimum Gasteiger partial charge on any atom is -0.367 e. The van der Waals surface area contributed by atoms with Gasteiger partial charge in [-0.25, -0.2) is 4.98 Å². The SMILES string of the molecule is c1cc(-c2ccc3nc[nH]c3c2)c[nH]1. The summed E-state index contributed by atoms with van der Waals surface area (Å²) in [5.74, 6) is 0. The first-order valence-electron chi connectivity index (χ1n) is 4.50. The van der Waals surface area contributed by atoms with E-state index in [4.69, 9.17) is 0 Å². The third-order valence-corrected chi connectivity index (χ3v) is 2.35. The lowest BCUT2D eigenvalue weighted by molar-refractivity contribution is 1.34. The highest BCUT2D eigenvalue weighted by Gasteiger charge is 2.00. The number of hydrogen-bond donors (Lipinski definition) is 2. The van der Waals surface area contributed by atoms with E-state index in [2.05, 4.69) is 33.2 Å². The molecule has 0 radical (unpaired) electrons. The van der Waals surface area contributed by atoms with E-state index >= 15 is 0 Å². The maximum atomic E-state index is 4.18. The zero-order valence-corrected chi connectivity index (χ0v) is 7.49. The Bertz CT molecular complexity index is 549. The molecule has 0 atom stereocenters. The molecule has 0 spiro atoms. The van der Waals surface area contributed by atoms with E-state index in [9.17, 15) is 0 Å². The van der Waals surface area contributed by atoms with E-state index in [1.54, 1.807) is 6.33 Å². The molecule has 1 aromatic carbocycles. The molecule has 3 aromatic rings. The molecule has 0 unspecified atom stereocenters. The van der Waals surface area contributed by atoms with Crippen LogP contribution in [0, 0.1) is 0 Å². The van der Waals surface area contributed by atoms with Gasteiger partial charge >= 0.3 is 0 Å². The van der Waals surface area contributed by atoms with Crippen LogP contribution in [0.2, 0.25) is 0 Å². The molecule has 0 aliphatic heterocycles.